The van der Waals surface area contributed by atoms with Crippen molar-refractivity contribution in [1.82, 2.24) is 14.9 Å². The number of ether oxygens (including phenoxy) is 1. The van der Waals surface area contributed by atoms with E-state index in [1.807, 2.05) is 0 Å². The Balaban J connectivity index is 1.94. The van der Waals surface area contributed by atoms with Gasteiger partial charge < -0.3 is 10.1 Å². The van der Waals surface area contributed by atoms with Gasteiger partial charge in [0.15, 0.2) is 0 Å². The number of piperidine rings is 1. The first kappa shape index (κ1) is 14.0. The van der Waals surface area contributed by atoms with E-state index in [1.165, 1.54) is 26.4 Å². The van der Waals surface area contributed by atoms with Crippen molar-refractivity contribution in [2.75, 3.05) is 32.1 Å². The third kappa shape index (κ3) is 3.53. The van der Waals surface area contributed by atoms with Gasteiger partial charge in [-0.1, -0.05) is 13.3 Å². The number of anilines is 1. The molecule has 2 rings (SSSR count). The topological polar surface area (TPSA) is 50.3 Å². The minimum absolute atomic E-state index is 0.0199. The fraction of sp³-hybridized carbons (Fsp3) is 0.692. The molecule has 1 aliphatic heterocycles. The zero-order chi connectivity index (χ0) is 13.7. The summed E-state index contributed by atoms with van der Waals surface area (Å²) >= 11 is 0. The lowest BCUT2D eigenvalue weighted by atomic mass is 10.0. The Labute approximate surface area is 113 Å². The molecule has 1 saturated heterocycles. The molecule has 6 heteroatoms. The molecule has 0 spiro atoms. The number of nitrogens with one attached hydrogen (secondary N) is 1. The second-order valence-electron chi connectivity index (χ2n) is 4.71. The highest BCUT2D eigenvalue weighted by atomic mass is 19.1. The summed E-state index contributed by atoms with van der Waals surface area (Å²) in [7, 11) is 1.40. The molecule has 0 aromatic carbocycles. The summed E-state index contributed by atoms with van der Waals surface area (Å²) in [6.45, 7) is 5.16. The molecule has 0 saturated carbocycles. The largest absolute Gasteiger partial charge is 0.479 e. The van der Waals surface area contributed by atoms with Gasteiger partial charge in [-0.3, -0.25) is 4.90 Å². The van der Waals surface area contributed by atoms with Crippen molar-refractivity contribution in [2.24, 2.45) is 0 Å². The van der Waals surface area contributed by atoms with Gasteiger partial charge in [0.05, 0.1) is 13.3 Å². The Morgan fingerprint density at radius 1 is 1.53 bits per heavy atom. The highest BCUT2D eigenvalue weighted by molar-refractivity contribution is 5.28. The van der Waals surface area contributed by atoms with Crippen LogP contribution in [-0.4, -0.2) is 47.7 Å². The van der Waals surface area contributed by atoms with E-state index in [9.17, 15) is 4.39 Å². The maximum absolute atomic E-state index is 13.2. The number of nitrogens with zero attached hydrogens (tertiary/aromatic N) is 3. The summed E-state index contributed by atoms with van der Waals surface area (Å²) in [6.07, 6.45) is 4.84. The lowest BCUT2D eigenvalue weighted by Gasteiger charge is -2.34. The summed E-state index contributed by atoms with van der Waals surface area (Å²) in [5.74, 6) is -0.144. The lowest BCUT2D eigenvalue weighted by molar-refractivity contribution is 0.164. The molecule has 1 aromatic rings. The molecule has 1 atom stereocenters. The van der Waals surface area contributed by atoms with Crippen molar-refractivity contribution in [2.45, 2.75) is 32.2 Å². The quantitative estimate of drug-likeness (QED) is 0.884. The van der Waals surface area contributed by atoms with Crippen molar-refractivity contribution >= 4 is 5.95 Å². The van der Waals surface area contributed by atoms with Crippen molar-refractivity contribution in [3.8, 4) is 5.88 Å². The standard InChI is InChI=1S/C13H21FN4O/c1-3-18-7-5-4-6-10(18)8-15-13-16-9-11(14)12(17-13)19-2/h9-10H,3-8H2,1-2H3,(H,15,16,17)/t10-/m1/s1. The van der Waals surface area contributed by atoms with E-state index in [4.69, 9.17) is 4.74 Å². The van der Waals surface area contributed by atoms with Crippen LogP contribution >= 0.6 is 0 Å². The predicted molar refractivity (Wildman–Crippen MR) is 71.9 cm³/mol. The molecule has 1 aliphatic rings. The van der Waals surface area contributed by atoms with Crippen LogP contribution in [0.4, 0.5) is 10.3 Å². The van der Waals surface area contributed by atoms with E-state index in [0.29, 0.717) is 12.0 Å². The van der Waals surface area contributed by atoms with Gasteiger partial charge in [0.25, 0.3) is 5.88 Å². The molecule has 0 amide bonds. The van der Waals surface area contributed by atoms with Gasteiger partial charge in [0, 0.05) is 12.6 Å². The van der Waals surface area contributed by atoms with Gasteiger partial charge in [0.1, 0.15) is 0 Å². The molecule has 0 unspecified atom stereocenters. The van der Waals surface area contributed by atoms with Gasteiger partial charge >= 0.3 is 0 Å². The molecule has 0 radical (unpaired) electrons. The number of hydrogen-bond donors (Lipinski definition) is 1. The van der Waals surface area contributed by atoms with E-state index < -0.39 is 5.82 Å². The Hall–Kier alpha value is -1.43. The fourth-order valence-corrected chi connectivity index (χ4v) is 2.50. The number of methoxy groups -OCH3 is 1. The Morgan fingerprint density at radius 3 is 3.11 bits per heavy atom. The van der Waals surface area contributed by atoms with Crippen molar-refractivity contribution in [3.63, 3.8) is 0 Å². The van der Waals surface area contributed by atoms with Crippen LogP contribution in [0.5, 0.6) is 5.88 Å². The second kappa shape index (κ2) is 6.65. The average molecular weight is 268 g/mol. The molecular weight excluding hydrogens is 247 g/mol. The number of likely N-dealkylation sites (N-methyl/N-ethyl adjacent to an activating group) is 1. The number of likely N-dealkylation sites (tertiary alicyclic amines) is 1. The molecule has 2 heterocycles. The number of hydrogen-bond acceptors (Lipinski definition) is 5. The van der Waals surface area contributed by atoms with Crippen molar-refractivity contribution in [3.05, 3.63) is 12.0 Å². The van der Waals surface area contributed by atoms with Crippen LogP contribution in [0.25, 0.3) is 0 Å². The van der Waals surface area contributed by atoms with Crippen LogP contribution < -0.4 is 10.1 Å². The Morgan fingerprint density at radius 2 is 2.37 bits per heavy atom. The number of rotatable bonds is 5. The van der Waals surface area contributed by atoms with Crippen LogP contribution in [0.3, 0.4) is 0 Å². The van der Waals surface area contributed by atoms with E-state index in [-0.39, 0.29) is 5.88 Å². The first-order valence-electron chi connectivity index (χ1n) is 6.79. The summed E-state index contributed by atoms with van der Waals surface area (Å²) in [4.78, 5) is 10.4. The number of halogens is 1. The van der Waals surface area contributed by atoms with Gasteiger partial charge in [0.2, 0.25) is 11.8 Å². The van der Waals surface area contributed by atoms with E-state index in [1.54, 1.807) is 0 Å². The minimum Gasteiger partial charge on any atom is -0.479 e. The highest BCUT2D eigenvalue weighted by Crippen LogP contribution is 2.18. The van der Waals surface area contributed by atoms with Gasteiger partial charge in [-0.25, -0.2) is 4.98 Å². The first-order chi connectivity index (χ1) is 9.24. The molecule has 1 fully saturated rings. The SMILES string of the molecule is CCN1CCCC[C@@H]1CNc1ncc(F)c(OC)n1. The van der Waals surface area contributed by atoms with E-state index >= 15 is 0 Å². The molecule has 19 heavy (non-hydrogen) atoms. The van der Waals surface area contributed by atoms with Gasteiger partial charge in [-0.2, -0.15) is 9.37 Å². The predicted octanol–water partition coefficient (Wildman–Crippen LogP) is 1.91. The highest BCUT2D eigenvalue weighted by Gasteiger charge is 2.20. The molecule has 1 aromatic heterocycles. The van der Waals surface area contributed by atoms with Crippen LogP contribution in [0.2, 0.25) is 0 Å². The van der Waals surface area contributed by atoms with Crippen molar-refractivity contribution in [1.29, 1.82) is 0 Å². The van der Waals surface area contributed by atoms with Crippen LogP contribution in [0, 0.1) is 5.82 Å². The third-order valence-corrected chi connectivity index (χ3v) is 3.56. The van der Waals surface area contributed by atoms with Crippen molar-refractivity contribution < 1.29 is 9.13 Å². The average Bonchev–Trinajstić information content (AvgIpc) is 2.46. The third-order valence-electron chi connectivity index (χ3n) is 3.56. The summed E-state index contributed by atoms with van der Waals surface area (Å²) in [5.41, 5.74) is 0. The second-order valence-corrected chi connectivity index (χ2v) is 4.71. The molecular formula is C13H21FN4O. The number of aromatic nitrogens is 2. The van der Waals surface area contributed by atoms with Gasteiger partial charge in [-0.15, -0.1) is 0 Å². The Kier molecular flexibility index (Phi) is 4.90. The van der Waals surface area contributed by atoms with E-state index in [2.05, 4.69) is 27.1 Å². The summed E-state index contributed by atoms with van der Waals surface area (Å²) in [6, 6.07) is 0.499. The van der Waals surface area contributed by atoms with Gasteiger partial charge in [-0.05, 0) is 25.9 Å². The molecule has 0 aliphatic carbocycles. The van der Waals surface area contributed by atoms with Crippen LogP contribution in [0.1, 0.15) is 26.2 Å². The van der Waals surface area contributed by atoms with Crippen LogP contribution in [0.15, 0.2) is 6.20 Å². The maximum atomic E-state index is 13.2. The van der Waals surface area contributed by atoms with Crippen LogP contribution in [-0.2, 0) is 0 Å². The fourth-order valence-electron chi connectivity index (χ4n) is 2.50. The molecule has 0 bridgehead atoms. The first-order valence-corrected chi connectivity index (χ1v) is 6.79. The molecule has 1 N–H and O–H groups in total. The van der Waals surface area contributed by atoms with E-state index in [0.717, 1.165) is 25.8 Å². The monoisotopic (exact) mass is 268 g/mol. The molecule has 5 nitrogen and oxygen atoms in total. The zero-order valence-electron chi connectivity index (χ0n) is 11.5. The molecule has 106 valence electrons. The lowest BCUT2D eigenvalue weighted by Crippen LogP contribution is -2.43. The summed E-state index contributed by atoms with van der Waals surface area (Å²) < 4.78 is 18.0. The smallest absolute Gasteiger partial charge is 0.255 e. The summed E-state index contributed by atoms with van der Waals surface area (Å²) in [5, 5.41) is 3.17. The normalized spacial score (nSPS) is 20.3. The minimum atomic E-state index is -0.541. The Bertz CT molecular complexity index is 416. The zero-order valence-corrected chi connectivity index (χ0v) is 11.5. The maximum Gasteiger partial charge on any atom is 0.255 e.